The van der Waals surface area contributed by atoms with Gasteiger partial charge in [-0.05, 0) is 49.2 Å². The quantitative estimate of drug-likeness (QED) is 0.355. The Morgan fingerprint density at radius 1 is 1.13 bits per heavy atom. The van der Waals surface area contributed by atoms with E-state index in [-0.39, 0.29) is 30.2 Å². The first-order valence-electron chi connectivity index (χ1n) is 12.9. The summed E-state index contributed by atoms with van der Waals surface area (Å²) in [6.45, 7) is 1.05. The van der Waals surface area contributed by atoms with Crippen LogP contribution in [0.3, 0.4) is 0 Å². The molecule has 1 fully saturated rings. The average molecular weight is 559 g/mol. The fourth-order valence-corrected chi connectivity index (χ4v) is 5.97. The topological polar surface area (TPSA) is 67.7 Å². The van der Waals surface area contributed by atoms with Crippen molar-refractivity contribution in [1.29, 1.82) is 0 Å². The molecule has 1 saturated carbocycles. The number of amides is 1. The molecule has 1 aliphatic carbocycles. The third kappa shape index (κ3) is 6.41. The fraction of sp³-hybridized carbons (Fsp3) is 0.393. The van der Waals surface area contributed by atoms with E-state index in [1.807, 2.05) is 30.3 Å². The molecule has 7 nitrogen and oxygen atoms in total. The number of ether oxygens (including phenoxy) is 1. The van der Waals surface area contributed by atoms with Crippen molar-refractivity contribution in [3.05, 3.63) is 76.2 Å². The number of alkyl halides is 3. The average Bonchev–Trinajstić information content (AvgIpc) is 2.89. The minimum atomic E-state index is -4.75. The van der Waals surface area contributed by atoms with Gasteiger partial charge in [-0.15, -0.1) is 13.2 Å². The normalized spacial score (nSPS) is 15.4. The first-order valence-corrected chi connectivity index (χ1v) is 13.8. The maximum atomic E-state index is 13.7. The van der Waals surface area contributed by atoms with Crippen molar-refractivity contribution in [3.8, 4) is 11.4 Å². The Balaban J connectivity index is 1.27. The van der Waals surface area contributed by atoms with Crippen molar-refractivity contribution in [3.63, 3.8) is 0 Å². The first kappa shape index (κ1) is 27.1. The Kier molecular flexibility index (Phi) is 7.88. The second-order valence-electron chi connectivity index (χ2n) is 9.75. The number of benzene rings is 2. The highest BCUT2D eigenvalue weighted by Crippen LogP contribution is 2.36. The number of hydrogen-bond acceptors (Lipinski definition) is 6. The van der Waals surface area contributed by atoms with Gasteiger partial charge in [0.05, 0.1) is 23.5 Å². The number of carbonyl (C=O) groups is 1. The highest BCUT2D eigenvalue weighted by Gasteiger charge is 2.31. The molecule has 2 aromatic carbocycles. The maximum Gasteiger partial charge on any atom is 0.573 e. The Labute approximate surface area is 228 Å². The molecule has 39 heavy (non-hydrogen) atoms. The van der Waals surface area contributed by atoms with Gasteiger partial charge in [0.1, 0.15) is 5.75 Å². The zero-order chi connectivity index (χ0) is 27.6. The number of para-hydroxylation sites is 1. The molecule has 0 unspecified atom stereocenters. The predicted molar refractivity (Wildman–Crippen MR) is 143 cm³/mol. The lowest BCUT2D eigenvalue weighted by atomic mass is 10.0. The van der Waals surface area contributed by atoms with Crippen molar-refractivity contribution in [2.24, 2.45) is 0 Å². The summed E-state index contributed by atoms with van der Waals surface area (Å²) in [5.41, 5.74) is 2.59. The molecule has 0 atom stereocenters. The molecule has 1 amide bonds. The van der Waals surface area contributed by atoms with Crippen LogP contribution in [-0.2, 0) is 17.8 Å². The predicted octanol–water partition coefficient (Wildman–Crippen LogP) is 5.19. The Morgan fingerprint density at radius 2 is 1.85 bits per heavy atom. The van der Waals surface area contributed by atoms with Gasteiger partial charge in [0.2, 0.25) is 5.91 Å². The summed E-state index contributed by atoms with van der Waals surface area (Å²) in [5, 5.41) is 1.18. The van der Waals surface area contributed by atoms with E-state index in [0.29, 0.717) is 41.2 Å². The van der Waals surface area contributed by atoms with Crippen LogP contribution in [0.4, 0.5) is 18.9 Å². The van der Waals surface area contributed by atoms with Crippen LogP contribution < -0.4 is 15.2 Å². The van der Waals surface area contributed by atoms with Crippen molar-refractivity contribution in [2.45, 2.75) is 55.4 Å². The zero-order valence-electron chi connectivity index (χ0n) is 21.5. The second kappa shape index (κ2) is 11.3. The van der Waals surface area contributed by atoms with Crippen LogP contribution in [0.2, 0.25) is 0 Å². The Hall–Kier alpha value is -3.47. The summed E-state index contributed by atoms with van der Waals surface area (Å²) in [5.74, 6) is -0.394. The molecule has 11 heteroatoms. The van der Waals surface area contributed by atoms with Gasteiger partial charge in [0.15, 0.2) is 5.16 Å². The van der Waals surface area contributed by atoms with Crippen LogP contribution in [0.25, 0.3) is 5.69 Å². The number of carbonyl (C=O) groups excluding carboxylic acids is 1. The number of nitrogens with zero attached hydrogens (tertiary/aromatic N) is 4. The van der Waals surface area contributed by atoms with E-state index in [1.54, 1.807) is 33.2 Å². The van der Waals surface area contributed by atoms with Crippen LogP contribution in [0.1, 0.15) is 36.9 Å². The van der Waals surface area contributed by atoms with Gasteiger partial charge in [0.25, 0.3) is 5.56 Å². The molecule has 3 aromatic rings. The van der Waals surface area contributed by atoms with Gasteiger partial charge in [-0.25, -0.2) is 4.98 Å². The number of anilines is 1. The number of hydrogen-bond donors (Lipinski definition) is 0. The lowest BCUT2D eigenvalue weighted by Gasteiger charge is -2.31. The fourth-order valence-electron chi connectivity index (χ4n) is 4.64. The van der Waals surface area contributed by atoms with E-state index in [1.165, 1.54) is 30.7 Å². The zero-order valence-corrected chi connectivity index (χ0v) is 22.3. The van der Waals surface area contributed by atoms with E-state index >= 15 is 0 Å². The lowest BCUT2D eigenvalue weighted by molar-refractivity contribution is -0.274. The molecule has 2 heterocycles. The van der Waals surface area contributed by atoms with Crippen molar-refractivity contribution < 1.29 is 22.7 Å². The minimum absolute atomic E-state index is 0.0943. The monoisotopic (exact) mass is 558 g/mol. The molecule has 206 valence electrons. The highest BCUT2D eigenvalue weighted by atomic mass is 32.2. The molecule has 5 rings (SSSR count). The van der Waals surface area contributed by atoms with E-state index in [9.17, 15) is 22.8 Å². The largest absolute Gasteiger partial charge is 0.573 e. The number of halogens is 3. The maximum absolute atomic E-state index is 13.7. The molecule has 1 aliphatic heterocycles. The van der Waals surface area contributed by atoms with Gasteiger partial charge < -0.3 is 14.5 Å². The van der Waals surface area contributed by atoms with Crippen molar-refractivity contribution >= 4 is 23.4 Å². The van der Waals surface area contributed by atoms with Gasteiger partial charge >= 0.3 is 6.36 Å². The summed E-state index contributed by atoms with van der Waals surface area (Å²) in [7, 11) is 1.77. The Bertz CT molecular complexity index is 1380. The summed E-state index contributed by atoms with van der Waals surface area (Å²) in [6, 6.07) is 15.0. The highest BCUT2D eigenvalue weighted by molar-refractivity contribution is 7.99. The minimum Gasteiger partial charge on any atom is -0.406 e. The second-order valence-corrected chi connectivity index (χ2v) is 11.0. The molecule has 0 spiro atoms. The van der Waals surface area contributed by atoms with Gasteiger partial charge in [-0.3, -0.25) is 14.2 Å². The molecule has 2 aliphatic rings. The standard InChI is InChI=1S/C28H29F3N4O3S/c1-33(19-10-12-21(13-11-19)38-28(29,30)31)16-15-25(36)34-17-14-24-23(18-34)26(37)35(20-6-3-2-4-7-20)27(32-24)39-22-8-5-9-22/h2-4,6-7,10-13,22H,5,8-9,14-18H2,1H3. The summed E-state index contributed by atoms with van der Waals surface area (Å²) >= 11 is 1.66. The van der Waals surface area contributed by atoms with Crippen LogP contribution in [0, 0.1) is 0 Å². The SMILES string of the molecule is CN(CCC(=O)N1CCc2nc(SC3CCC3)n(-c3ccccc3)c(=O)c2C1)c1ccc(OC(F)(F)F)cc1. The molecule has 1 aromatic heterocycles. The van der Waals surface area contributed by atoms with Crippen LogP contribution in [0.5, 0.6) is 5.75 Å². The smallest absolute Gasteiger partial charge is 0.406 e. The van der Waals surface area contributed by atoms with E-state index in [2.05, 4.69) is 4.74 Å². The van der Waals surface area contributed by atoms with Crippen LogP contribution >= 0.6 is 11.8 Å². The number of fused-ring (bicyclic) bond motifs is 1. The van der Waals surface area contributed by atoms with Crippen molar-refractivity contribution in [2.75, 3.05) is 25.0 Å². The third-order valence-electron chi connectivity index (χ3n) is 7.06. The van der Waals surface area contributed by atoms with Gasteiger partial charge in [-0.1, -0.05) is 36.4 Å². The van der Waals surface area contributed by atoms with E-state index in [4.69, 9.17) is 4.98 Å². The van der Waals surface area contributed by atoms with Crippen molar-refractivity contribution in [1.82, 2.24) is 14.5 Å². The third-order valence-corrected chi connectivity index (χ3v) is 8.35. The van der Waals surface area contributed by atoms with E-state index in [0.717, 1.165) is 24.2 Å². The molecule has 0 radical (unpaired) electrons. The van der Waals surface area contributed by atoms with Gasteiger partial charge in [0, 0.05) is 43.9 Å². The van der Waals surface area contributed by atoms with Crippen LogP contribution in [0.15, 0.2) is 64.5 Å². The van der Waals surface area contributed by atoms with Gasteiger partial charge in [-0.2, -0.15) is 0 Å². The molecule has 0 N–H and O–H groups in total. The summed E-state index contributed by atoms with van der Waals surface area (Å²) < 4.78 is 42.8. The molecule has 0 saturated heterocycles. The molecular formula is C28H29F3N4O3S. The number of thioether (sulfide) groups is 1. The lowest BCUT2D eigenvalue weighted by Crippen LogP contribution is -2.42. The van der Waals surface area contributed by atoms with Crippen LogP contribution in [-0.4, -0.2) is 52.1 Å². The number of rotatable bonds is 8. The summed E-state index contributed by atoms with van der Waals surface area (Å²) in [6.07, 6.45) is -0.599. The molecular weight excluding hydrogens is 529 g/mol. The number of aromatic nitrogens is 2. The Morgan fingerprint density at radius 3 is 2.49 bits per heavy atom. The first-order chi connectivity index (χ1) is 18.7. The van der Waals surface area contributed by atoms with E-state index < -0.39 is 6.36 Å². The summed E-state index contributed by atoms with van der Waals surface area (Å²) in [4.78, 5) is 35.2. The molecule has 0 bridgehead atoms.